The molecule has 17 heavy (non-hydrogen) atoms. The van der Waals surface area contributed by atoms with Gasteiger partial charge in [0.15, 0.2) is 18.3 Å². The topological polar surface area (TPSA) is 39.7 Å². The third kappa shape index (κ3) is 4.63. The van der Waals surface area contributed by atoms with Crippen LogP contribution in [0.1, 0.15) is 19.4 Å². The van der Waals surface area contributed by atoms with Gasteiger partial charge in [0.2, 0.25) is 0 Å². The number of nitrogens with one attached hydrogen (secondary N) is 1. The zero-order valence-electron chi connectivity index (χ0n) is 10.8. The Kier molecular flexibility index (Phi) is 6.43. The van der Waals surface area contributed by atoms with Crippen molar-refractivity contribution in [1.29, 1.82) is 0 Å². The first-order chi connectivity index (χ1) is 8.31. The maximum atomic E-state index is 5.55. The summed E-state index contributed by atoms with van der Waals surface area (Å²) in [6.07, 6.45) is 0. The van der Waals surface area contributed by atoms with Crippen molar-refractivity contribution in [3.63, 3.8) is 0 Å². The fraction of sp³-hybridized carbons (Fsp3) is 0.538. The second-order valence-electron chi connectivity index (χ2n) is 3.50. The molecule has 1 N–H and O–H groups in total. The SMILES string of the molecule is CCOCOc1ccc(CNC)cc1OCC. The Labute approximate surface area is 103 Å². The molecule has 1 aromatic carbocycles. The monoisotopic (exact) mass is 239 g/mol. The van der Waals surface area contributed by atoms with Gasteiger partial charge in [-0.1, -0.05) is 6.07 Å². The zero-order chi connectivity index (χ0) is 12.5. The normalized spacial score (nSPS) is 10.3. The van der Waals surface area contributed by atoms with Gasteiger partial charge in [0, 0.05) is 13.2 Å². The average molecular weight is 239 g/mol. The quantitative estimate of drug-likeness (QED) is 0.557. The van der Waals surface area contributed by atoms with Gasteiger partial charge in [0.1, 0.15) is 0 Å². The average Bonchev–Trinajstić information content (AvgIpc) is 2.33. The van der Waals surface area contributed by atoms with Crippen molar-refractivity contribution in [2.45, 2.75) is 20.4 Å². The second-order valence-corrected chi connectivity index (χ2v) is 3.50. The number of ether oxygens (including phenoxy) is 3. The first-order valence-electron chi connectivity index (χ1n) is 5.92. The van der Waals surface area contributed by atoms with Crippen molar-refractivity contribution >= 4 is 0 Å². The Hall–Kier alpha value is -1.26. The lowest BCUT2D eigenvalue weighted by Crippen LogP contribution is -2.07. The predicted octanol–water partition coefficient (Wildman–Crippen LogP) is 2.18. The van der Waals surface area contributed by atoms with Crippen LogP contribution in [0.15, 0.2) is 18.2 Å². The largest absolute Gasteiger partial charge is 0.490 e. The van der Waals surface area contributed by atoms with E-state index in [1.807, 2.05) is 39.1 Å². The second kappa shape index (κ2) is 7.92. The fourth-order valence-corrected chi connectivity index (χ4v) is 1.44. The van der Waals surface area contributed by atoms with E-state index >= 15 is 0 Å². The molecule has 0 aliphatic carbocycles. The molecule has 0 saturated carbocycles. The lowest BCUT2D eigenvalue weighted by atomic mass is 10.2. The van der Waals surface area contributed by atoms with E-state index in [1.54, 1.807) is 0 Å². The maximum absolute atomic E-state index is 5.55. The maximum Gasteiger partial charge on any atom is 0.189 e. The van der Waals surface area contributed by atoms with Crippen LogP contribution in [0.5, 0.6) is 11.5 Å². The van der Waals surface area contributed by atoms with Gasteiger partial charge in [0.25, 0.3) is 0 Å². The molecular weight excluding hydrogens is 218 g/mol. The molecule has 0 atom stereocenters. The Morgan fingerprint density at radius 3 is 2.53 bits per heavy atom. The summed E-state index contributed by atoms with van der Waals surface area (Å²) in [5, 5.41) is 3.10. The van der Waals surface area contributed by atoms with Crippen LogP contribution in [-0.2, 0) is 11.3 Å². The standard InChI is InChI=1S/C13H21NO3/c1-4-15-10-17-12-7-6-11(9-14-3)8-13(12)16-5-2/h6-8,14H,4-5,9-10H2,1-3H3. The van der Waals surface area contributed by atoms with Crippen LogP contribution in [0.4, 0.5) is 0 Å². The summed E-state index contributed by atoms with van der Waals surface area (Å²) in [6, 6.07) is 5.91. The van der Waals surface area contributed by atoms with Crippen molar-refractivity contribution in [3.05, 3.63) is 23.8 Å². The van der Waals surface area contributed by atoms with Gasteiger partial charge in [-0.25, -0.2) is 0 Å². The summed E-state index contributed by atoms with van der Waals surface area (Å²) in [4.78, 5) is 0. The molecule has 96 valence electrons. The Morgan fingerprint density at radius 2 is 1.88 bits per heavy atom. The zero-order valence-corrected chi connectivity index (χ0v) is 10.8. The predicted molar refractivity (Wildman–Crippen MR) is 67.5 cm³/mol. The van der Waals surface area contributed by atoms with Gasteiger partial charge in [-0.05, 0) is 38.6 Å². The molecule has 0 fully saturated rings. The number of hydrogen-bond donors (Lipinski definition) is 1. The highest BCUT2D eigenvalue weighted by Crippen LogP contribution is 2.28. The highest BCUT2D eigenvalue weighted by atomic mass is 16.7. The summed E-state index contributed by atoms with van der Waals surface area (Å²) < 4.78 is 16.2. The van der Waals surface area contributed by atoms with Gasteiger partial charge >= 0.3 is 0 Å². The first kappa shape index (κ1) is 13.8. The van der Waals surface area contributed by atoms with Crippen molar-refractivity contribution in [1.82, 2.24) is 5.32 Å². The fourth-order valence-electron chi connectivity index (χ4n) is 1.44. The molecule has 1 rings (SSSR count). The van der Waals surface area contributed by atoms with E-state index in [2.05, 4.69) is 5.32 Å². The molecule has 0 aliphatic rings. The molecule has 0 heterocycles. The molecule has 0 amide bonds. The van der Waals surface area contributed by atoms with E-state index < -0.39 is 0 Å². The first-order valence-corrected chi connectivity index (χ1v) is 5.92. The van der Waals surface area contributed by atoms with Crippen molar-refractivity contribution in [3.8, 4) is 11.5 Å². The lowest BCUT2D eigenvalue weighted by molar-refractivity contribution is 0.0206. The van der Waals surface area contributed by atoms with Crippen molar-refractivity contribution in [2.24, 2.45) is 0 Å². The minimum atomic E-state index is 0.252. The van der Waals surface area contributed by atoms with Crippen LogP contribution >= 0.6 is 0 Å². The smallest absolute Gasteiger partial charge is 0.189 e. The van der Waals surface area contributed by atoms with Crippen LogP contribution in [0.2, 0.25) is 0 Å². The number of hydrogen-bond acceptors (Lipinski definition) is 4. The van der Waals surface area contributed by atoms with Crippen LogP contribution in [0.25, 0.3) is 0 Å². The van der Waals surface area contributed by atoms with Crippen LogP contribution in [0.3, 0.4) is 0 Å². The summed E-state index contributed by atoms with van der Waals surface area (Å²) in [5.74, 6) is 1.49. The molecule has 0 saturated heterocycles. The summed E-state index contributed by atoms with van der Waals surface area (Å²) in [6.45, 7) is 6.21. The van der Waals surface area contributed by atoms with Crippen LogP contribution < -0.4 is 14.8 Å². The van der Waals surface area contributed by atoms with Gasteiger partial charge < -0.3 is 19.5 Å². The van der Waals surface area contributed by atoms with E-state index in [4.69, 9.17) is 14.2 Å². The minimum Gasteiger partial charge on any atom is -0.490 e. The van der Waals surface area contributed by atoms with Crippen molar-refractivity contribution in [2.75, 3.05) is 27.1 Å². The van der Waals surface area contributed by atoms with Gasteiger partial charge in [-0.3, -0.25) is 0 Å². The molecule has 0 bridgehead atoms. The highest BCUT2D eigenvalue weighted by Gasteiger charge is 2.06. The van der Waals surface area contributed by atoms with Gasteiger partial charge in [-0.2, -0.15) is 0 Å². The van der Waals surface area contributed by atoms with Crippen LogP contribution in [0, 0.1) is 0 Å². The summed E-state index contributed by atoms with van der Waals surface area (Å²) in [5.41, 5.74) is 1.17. The van der Waals surface area contributed by atoms with Gasteiger partial charge in [0.05, 0.1) is 6.61 Å². The number of benzene rings is 1. The number of rotatable bonds is 8. The molecule has 4 nitrogen and oxygen atoms in total. The Bertz CT molecular complexity index is 328. The molecule has 0 unspecified atom stereocenters. The Balaban J connectivity index is 2.72. The third-order valence-electron chi connectivity index (χ3n) is 2.19. The van der Waals surface area contributed by atoms with E-state index in [0.717, 1.165) is 18.0 Å². The van der Waals surface area contributed by atoms with E-state index in [1.165, 1.54) is 5.56 Å². The van der Waals surface area contributed by atoms with Gasteiger partial charge in [-0.15, -0.1) is 0 Å². The highest BCUT2D eigenvalue weighted by molar-refractivity contribution is 5.42. The molecule has 1 aromatic rings. The minimum absolute atomic E-state index is 0.252. The van der Waals surface area contributed by atoms with E-state index in [9.17, 15) is 0 Å². The molecule has 0 aliphatic heterocycles. The van der Waals surface area contributed by atoms with Crippen molar-refractivity contribution < 1.29 is 14.2 Å². The third-order valence-corrected chi connectivity index (χ3v) is 2.19. The molecule has 0 radical (unpaired) electrons. The van der Waals surface area contributed by atoms with Crippen LogP contribution in [-0.4, -0.2) is 27.1 Å². The molecule has 4 heteroatoms. The summed E-state index contributed by atoms with van der Waals surface area (Å²) in [7, 11) is 1.92. The molecular formula is C13H21NO3. The lowest BCUT2D eigenvalue weighted by Gasteiger charge is -2.13. The molecule has 0 spiro atoms. The molecule has 0 aromatic heterocycles. The summed E-state index contributed by atoms with van der Waals surface area (Å²) >= 11 is 0. The van der Waals surface area contributed by atoms with E-state index in [0.29, 0.717) is 13.2 Å². The van der Waals surface area contributed by atoms with E-state index in [-0.39, 0.29) is 6.79 Å². The Morgan fingerprint density at radius 1 is 1.06 bits per heavy atom.